The molecule has 2 fully saturated rings. The minimum Gasteiger partial charge on any atom is -0.392 e. The largest absolute Gasteiger partial charge is 0.392 e. The van der Waals surface area contributed by atoms with E-state index in [4.69, 9.17) is 0 Å². The lowest BCUT2D eigenvalue weighted by Gasteiger charge is -2.37. The lowest BCUT2D eigenvalue weighted by Crippen LogP contribution is -2.48. The Balaban J connectivity index is 1.48. The highest BCUT2D eigenvalue weighted by atomic mass is 16.3. The smallest absolute Gasteiger partial charge is 0.0695 e. The van der Waals surface area contributed by atoms with E-state index in [0.29, 0.717) is 5.92 Å². The molecule has 1 atom stereocenters. The molecule has 3 heteroatoms. The quantitative estimate of drug-likeness (QED) is 0.874. The Kier molecular flexibility index (Phi) is 3.52. The molecule has 3 rings (SSSR count). The van der Waals surface area contributed by atoms with Gasteiger partial charge in [-0.1, -0.05) is 18.2 Å². The fourth-order valence-corrected chi connectivity index (χ4v) is 2.72. The number of aliphatic hydroxyl groups excluding tert-OH is 1. The zero-order valence-electron chi connectivity index (χ0n) is 10.8. The van der Waals surface area contributed by atoms with Crippen LogP contribution in [0, 0.1) is 5.92 Å². The Labute approximate surface area is 109 Å². The van der Waals surface area contributed by atoms with Crippen LogP contribution in [-0.4, -0.2) is 48.8 Å². The molecule has 0 bridgehead atoms. The van der Waals surface area contributed by atoms with Gasteiger partial charge in [0.05, 0.1) is 6.10 Å². The number of hydrogen-bond donors (Lipinski definition) is 1. The zero-order chi connectivity index (χ0) is 12.4. The first-order valence-electron chi connectivity index (χ1n) is 7.03. The van der Waals surface area contributed by atoms with Crippen molar-refractivity contribution in [3.05, 3.63) is 30.3 Å². The maximum atomic E-state index is 9.97. The van der Waals surface area contributed by atoms with Crippen LogP contribution in [0.25, 0.3) is 0 Å². The van der Waals surface area contributed by atoms with E-state index in [0.717, 1.165) is 32.7 Å². The number of β-amino-alcohol motifs (C(OH)–C–C–N with tert-alkyl or cyclic N) is 1. The summed E-state index contributed by atoms with van der Waals surface area (Å²) in [5.74, 6) is 0.595. The molecule has 0 aromatic heterocycles. The molecule has 98 valence electrons. The molecule has 1 aliphatic carbocycles. The molecule has 1 heterocycles. The summed E-state index contributed by atoms with van der Waals surface area (Å²) in [4.78, 5) is 4.84. The van der Waals surface area contributed by atoms with Crippen LogP contribution in [0.15, 0.2) is 30.3 Å². The van der Waals surface area contributed by atoms with E-state index in [9.17, 15) is 5.11 Å². The lowest BCUT2D eigenvalue weighted by atomic mass is 10.2. The van der Waals surface area contributed by atoms with Gasteiger partial charge in [0.25, 0.3) is 0 Å². The third-order valence-electron chi connectivity index (χ3n) is 4.11. The third kappa shape index (κ3) is 2.85. The van der Waals surface area contributed by atoms with Crippen molar-refractivity contribution in [3.63, 3.8) is 0 Å². The van der Waals surface area contributed by atoms with Gasteiger partial charge in [0.1, 0.15) is 0 Å². The molecule has 18 heavy (non-hydrogen) atoms. The van der Waals surface area contributed by atoms with Gasteiger partial charge in [-0.15, -0.1) is 0 Å². The highest BCUT2D eigenvalue weighted by Gasteiger charge is 2.31. The van der Waals surface area contributed by atoms with Crippen LogP contribution < -0.4 is 4.90 Å². The minimum atomic E-state index is -0.0896. The summed E-state index contributed by atoms with van der Waals surface area (Å²) in [5.41, 5.74) is 1.32. The average Bonchev–Trinajstić information content (AvgIpc) is 3.25. The number of hydrogen-bond acceptors (Lipinski definition) is 3. The summed E-state index contributed by atoms with van der Waals surface area (Å²) in [7, 11) is 0. The topological polar surface area (TPSA) is 26.7 Å². The molecule has 1 aromatic carbocycles. The predicted molar refractivity (Wildman–Crippen MR) is 73.8 cm³/mol. The van der Waals surface area contributed by atoms with Crippen molar-refractivity contribution in [2.24, 2.45) is 5.92 Å². The van der Waals surface area contributed by atoms with E-state index in [2.05, 4.69) is 40.1 Å². The summed E-state index contributed by atoms with van der Waals surface area (Å²) in [6.07, 6.45) is 2.37. The second-order valence-corrected chi connectivity index (χ2v) is 5.53. The van der Waals surface area contributed by atoms with Crippen LogP contribution in [0.2, 0.25) is 0 Å². The highest BCUT2D eigenvalue weighted by molar-refractivity contribution is 5.46. The normalized spacial score (nSPS) is 23.1. The Morgan fingerprint density at radius 2 is 1.72 bits per heavy atom. The third-order valence-corrected chi connectivity index (χ3v) is 4.11. The number of benzene rings is 1. The van der Waals surface area contributed by atoms with Crippen LogP contribution in [0.3, 0.4) is 0 Å². The number of nitrogens with zero attached hydrogens (tertiary/aromatic N) is 2. The van der Waals surface area contributed by atoms with Gasteiger partial charge in [0.15, 0.2) is 0 Å². The maximum absolute atomic E-state index is 9.97. The van der Waals surface area contributed by atoms with Crippen LogP contribution in [0.4, 0.5) is 5.69 Å². The van der Waals surface area contributed by atoms with Crippen molar-refractivity contribution in [3.8, 4) is 0 Å². The molecule has 0 amide bonds. The Morgan fingerprint density at radius 3 is 2.33 bits per heavy atom. The molecule has 2 aliphatic rings. The average molecular weight is 246 g/mol. The summed E-state index contributed by atoms with van der Waals surface area (Å²) >= 11 is 0. The van der Waals surface area contributed by atoms with Crippen molar-refractivity contribution in [1.29, 1.82) is 0 Å². The Bertz CT molecular complexity index is 369. The molecule has 1 saturated carbocycles. The van der Waals surface area contributed by atoms with Crippen LogP contribution >= 0.6 is 0 Å². The van der Waals surface area contributed by atoms with Crippen LogP contribution in [0.5, 0.6) is 0 Å². The lowest BCUT2D eigenvalue weighted by molar-refractivity contribution is 0.0922. The monoisotopic (exact) mass is 246 g/mol. The van der Waals surface area contributed by atoms with Gasteiger partial charge < -0.3 is 10.0 Å². The van der Waals surface area contributed by atoms with Gasteiger partial charge in [-0.05, 0) is 30.9 Å². The number of aliphatic hydroxyl groups is 1. The number of para-hydroxylation sites is 1. The first-order chi connectivity index (χ1) is 8.83. The SMILES string of the molecule is OC(CN1CCN(c2ccccc2)CC1)C1CC1. The fourth-order valence-electron chi connectivity index (χ4n) is 2.72. The summed E-state index contributed by atoms with van der Waals surface area (Å²) < 4.78 is 0. The molecular formula is C15H22N2O. The predicted octanol–water partition coefficient (Wildman–Crippen LogP) is 1.58. The molecule has 1 saturated heterocycles. The number of anilines is 1. The first kappa shape index (κ1) is 12.0. The molecule has 3 nitrogen and oxygen atoms in total. The molecule has 0 spiro atoms. The van der Waals surface area contributed by atoms with Crippen molar-refractivity contribution >= 4 is 5.69 Å². The van der Waals surface area contributed by atoms with Gasteiger partial charge in [-0.25, -0.2) is 0 Å². The van der Waals surface area contributed by atoms with Gasteiger partial charge in [-0.2, -0.15) is 0 Å². The van der Waals surface area contributed by atoms with Crippen molar-refractivity contribution in [1.82, 2.24) is 4.90 Å². The standard InChI is InChI=1S/C15H22N2O/c18-15(13-6-7-13)12-16-8-10-17(11-9-16)14-4-2-1-3-5-14/h1-5,13,15,18H,6-12H2. The van der Waals surface area contributed by atoms with Gasteiger partial charge in [-0.3, -0.25) is 4.90 Å². The maximum Gasteiger partial charge on any atom is 0.0695 e. The second kappa shape index (κ2) is 5.29. The van der Waals surface area contributed by atoms with E-state index >= 15 is 0 Å². The van der Waals surface area contributed by atoms with Gasteiger partial charge >= 0.3 is 0 Å². The Morgan fingerprint density at radius 1 is 1.06 bits per heavy atom. The van der Waals surface area contributed by atoms with E-state index < -0.39 is 0 Å². The number of piperazine rings is 1. The molecular weight excluding hydrogens is 224 g/mol. The molecule has 0 radical (unpaired) electrons. The second-order valence-electron chi connectivity index (χ2n) is 5.53. The Hall–Kier alpha value is -1.06. The van der Waals surface area contributed by atoms with E-state index in [1.54, 1.807) is 0 Å². The molecule has 1 aromatic rings. The highest BCUT2D eigenvalue weighted by Crippen LogP contribution is 2.33. The van der Waals surface area contributed by atoms with Crippen molar-refractivity contribution in [2.45, 2.75) is 18.9 Å². The van der Waals surface area contributed by atoms with E-state index in [1.807, 2.05) is 0 Å². The van der Waals surface area contributed by atoms with Gasteiger partial charge in [0.2, 0.25) is 0 Å². The first-order valence-corrected chi connectivity index (χ1v) is 7.03. The van der Waals surface area contributed by atoms with Crippen molar-refractivity contribution < 1.29 is 5.11 Å². The molecule has 1 aliphatic heterocycles. The van der Waals surface area contributed by atoms with Crippen LogP contribution in [0.1, 0.15) is 12.8 Å². The van der Waals surface area contributed by atoms with E-state index in [-0.39, 0.29) is 6.10 Å². The minimum absolute atomic E-state index is 0.0896. The van der Waals surface area contributed by atoms with E-state index in [1.165, 1.54) is 18.5 Å². The van der Waals surface area contributed by atoms with Gasteiger partial charge in [0, 0.05) is 38.4 Å². The summed E-state index contributed by atoms with van der Waals surface area (Å²) in [6.45, 7) is 5.15. The van der Waals surface area contributed by atoms with Crippen molar-refractivity contribution in [2.75, 3.05) is 37.6 Å². The summed E-state index contributed by atoms with van der Waals surface area (Å²) in [5, 5.41) is 9.97. The summed E-state index contributed by atoms with van der Waals surface area (Å²) in [6, 6.07) is 10.6. The zero-order valence-corrected chi connectivity index (χ0v) is 10.8. The van der Waals surface area contributed by atoms with Crippen LogP contribution in [-0.2, 0) is 0 Å². The molecule has 1 unspecified atom stereocenters. The molecule has 1 N–H and O–H groups in total. The number of rotatable bonds is 4. The fraction of sp³-hybridized carbons (Fsp3) is 0.600.